The molecule has 3 atom stereocenters. The van der Waals surface area contributed by atoms with E-state index in [1.54, 1.807) is 12.1 Å². The SMILES string of the molecule is C/C=C/C(=C/C)CC(C)C=Nc1cc(OCCCOc2cc(N(C(=O)OCc3ccc(C)cc3)[C@@H](O)[C@@H](C)CC(/C=C/C)=C\C)c(C(C)=O)cc2OC)c(OC)cc1C(C)=O. The highest BCUT2D eigenvalue weighted by atomic mass is 16.6. The van der Waals surface area contributed by atoms with Gasteiger partial charge in [-0.25, -0.2) is 4.79 Å². The van der Waals surface area contributed by atoms with E-state index in [0.29, 0.717) is 35.6 Å². The first-order valence-corrected chi connectivity index (χ1v) is 20.7. The van der Waals surface area contributed by atoms with Crippen molar-refractivity contribution >= 4 is 35.2 Å². The minimum atomic E-state index is -1.39. The first-order chi connectivity index (χ1) is 29.2. The monoisotopic (exact) mass is 836 g/mol. The highest BCUT2D eigenvalue weighted by Crippen LogP contribution is 2.39. The van der Waals surface area contributed by atoms with Crippen molar-refractivity contribution in [2.75, 3.05) is 32.3 Å². The lowest BCUT2D eigenvalue weighted by molar-refractivity contribution is 0.0888. The van der Waals surface area contributed by atoms with E-state index in [1.165, 1.54) is 45.8 Å². The smallest absolute Gasteiger partial charge is 0.416 e. The van der Waals surface area contributed by atoms with Crippen molar-refractivity contribution in [3.63, 3.8) is 0 Å². The zero-order valence-electron chi connectivity index (χ0n) is 37.7. The lowest BCUT2D eigenvalue weighted by atomic mass is 9.97. The minimum Gasteiger partial charge on any atom is -0.493 e. The van der Waals surface area contributed by atoms with Crippen LogP contribution in [0.2, 0.25) is 0 Å². The lowest BCUT2D eigenvalue weighted by Gasteiger charge is -2.33. The van der Waals surface area contributed by atoms with E-state index in [2.05, 4.69) is 19.1 Å². The van der Waals surface area contributed by atoms with E-state index < -0.39 is 18.2 Å². The standard InChI is InChI=1S/C50H64N2O9/c1-12-17-38(14-3)25-34(6)31-51-43-29-47(45(57-10)27-41(43)36(8)53)59-23-16-24-60-48-30-44(42(37(9)54)28-46(48)58-11)52(49(55)35(7)26-39(15-4)18-13-2)50(56)61-32-40-21-19-33(5)20-22-40/h12-15,17-22,27-31,34-35,49,55H,16,23-26,32H2,1-11H3/b17-12+,18-13+,38-14-,39-15-,51-31?/t34?,35-,49-/m0/s1. The van der Waals surface area contributed by atoms with Crippen LogP contribution in [-0.2, 0) is 11.3 Å². The zero-order chi connectivity index (χ0) is 45.1. The van der Waals surface area contributed by atoms with Crippen LogP contribution < -0.4 is 23.8 Å². The molecule has 0 aliphatic heterocycles. The Kier molecular flexibility index (Phi) is 20.2. The van der Waals surface area contributed by atoms with Crippen LogP contribution in [0.15, 0.2) is 101 Å². The molecule has 1 N–H and O–H groups in total. The van der Waals surface area contributed by atoms with E-state index in [9.17, 15) is 19.5 Å². The van der Waals surface area contributed by atoms with Crippen LogP contribution in [0.5, 0.6) is 23.0 Å². The lowest BCUT2D eigenvalue weighted by Crippen LogP contribution is -2.45. The summed E-state index contributed by atoms with van der Waals surface area (Å²) < 4.78 is 29.4. The number of rotatable bonds is 23. The van der Waals surface area contributed by atoms with E-state index in [-0.39, 0.29) is 60.1 Å². The number of anilines is 1. The molecule has 0 fully saturated rings. The fourth-order valence-electron chi connectivity index (χ4n) is 6.54. The van der Waals surface area contributed by atoms with Crippen LogP contribution in [0.1, 0.15) is 106 Å². The summed E-state index contributed by atoms with van der Waals surface area (Å²) in [6.07, 6.45) is 13.2. The molecule has 328 valence electrons. The zero-order valence-corrected chi connectivity index (χ0v) is 37.7. The third-order valence-electron chi connectivity index (χ3n) is 9.93. The first-order valence-electron chi connectivity index (χ1n) is 20.7. The van der Waals surface area contributed by atoms with Crippen molar-refractivity contribution in [3.05, 3.63) is 118 Å². The van der Waals surface area contributed by atoms with Gasteiger partial charge in [-0.15, -0.1) is 0 Å². The molecule has 0 spiro atoms. The van der Waals surface area contributed by atoms with Gasteiger partial charge in [0.2, 0.25) is 0 Å². The number of allylic oxidation sites excluding steroid dienone is 8. The molecule has 3 rings (SSSR count). The van der Waals surface area contributed by atoms with Crippen molar-refractivity contribution in [3.8, 4) is 23.0 Å². The van der Waals surface area contributed by atoms with Gasteiger partial charge in [-0.1, -0.05) is 91.3 Å². The number of nitrogens with zero attached hydrogens (tertiary/aromatic N) is 2. The summed E-state index contributed by atoms with van der Waals surface area (Å²) in [7, 11) is 2.97. The molecule has 1 unspecified atom stereocenters. The van der Waals surface area contributed by atoms with Gasteiger partial charge < -0.3 is 28.8 Å². The normalized spacial score (nSPS) is 13.6. The number of methoxy groups -OCH3 is 2. The Morgan fingerprint density at radius 2 is 1.30 bits per heavy atom. The fraction of sp³-hybridized carbons (Fsp3) is 0.400. The van der Waals surface area contributed by atoms with Crippen LogP contribution in [0.3, 0.4) is 0 Å². The third kappa shape index (κ3) is 14.6. The number of benzene rings is 3. The van der Waals surface area contributed by atoms with Crippen molar-refractivity contribution in [1.82, 2.24) is 0 Å². The van der Waals surface area contributed by atoms with E-state index in [0.717, 1.165) is 28.0 Å². The summed E-state index contributed by atoms with van der Waals surface area (Å²) in [5.41, 5.74) is 5.14. The van der Waals surface area contributed by atoms with Gasteiger partial charge in [0, 0.05) is 41.8 Å². The maximum atomic E-state index is 14.0. The van der Waals surface area contributed by atoms with Gasteiger partial charge in [0.25, 0.3) is 0 Å². The van der Waals surface area contributed by atoms with Gasteiger partial charge in [-0.05, 0) is 84.9 Å². The number of carbonyl (C=O) groups is 3. The van der Waals surface area contributed by atoms with Crippen LogP contribution >= 0.6 is 0 Å². The summed E-state index contributed by atoms with van der Waals surface area (Å²) in [6.45, 7) is 16.9. The highest BCUT2D eigenvalue weighted by molar-refractivity contribution is 6.04. The van der Waals surface area contributed by atoms with Gasteiger partial charge in [-0.3, -0.25) is 19.5 Å². The number of hydrogen-bond acceptors (Lipinski definition) is 10. The number of Topliss-reactive ketones (excluding diaryl/α,β-unsaturated/α-hetero) is 2. The highest BCUT2D eigenvalue weighted by Gasteiger charge is 2.33. The topological polar surface area (TPSA) is 133 Å². The Morgan fingerprint density at radius 1 is 0.754 bits per heavy atom. The molecule has 0 radical (unpaired) electrons. The fourth-order valence-corrected chi connectivity index (χ4v) is 6.54. The number of amides is 1. The van der Waals surface area contributed by atoms with Crippen LogP contribution in [-0.4, -0.2) is 62.6 Å². The van der Waals surface area contributed by atoms with E-state index in [1.807, 2.05) is 96.3 Å². The molecule has 0 aliphatic rings. The van der Waals surface area contributed by atoms with Crippen molar-refractivity contribution in [1.29, 1.82) is 0 Å². The summed E-state index contributed by atoms with van der Waals surface area (Å²) in [6, 6.07) is 13.9. The van der Waals surface area contributed by atoms with E-state index in [4.69, 9.17) is 28.7 Å². The second-order valence-corrected chi connectivity index (χ2v) is 14.9. The number of aryl methyl sites for hydroxylation is 1. The predicted molar refractivity (Wildman–Crippen MR) is 244 cm³/mol. The number of aliphatic hydroxyl groups is 1. The minimum absolute atomic E-state index is 0.0478. The number of aliphatic hydroxyl groups excluding tert-OH is 1. The molecule has 0 aliphatic carbocycles. The average Bonchev–Trinajstić information content (AvgIpc) is 3.24. The summed E-state index contributed by atoms with van der Waals surface area (Å²) in [4.78, 5) is 45.6. The maximum absolute atomic E-state index is 14.0. The van der Waals surface area contributed by atoms with Crippen molar-refractivity contribution < 1.29 is 43.2 Å². The van der Waals surface area contributed by atoms with Crippen LogP contribution in [0.4, 0.5) is 16.2 Å². The molecular weight excluding hydrogens is 773 g/mol. The third-order valence-corrected chi connectivity index (χ3v) is 9.93. The molecule has 0 heterocycles. The Labute approximate surface area is 362 Å². The predicted octanol–water partition coefficient (Wildman–Crippen LogP) is 11.5. The van der Waals surface area contributed by atoms with Crippen LogP contribution in [0.25, 0.3) is 0 Å². The van der Waals surface area contributed by atoms with E-state index >= 15 is 0 Å². The van der Waals surface area contributed by atoms with Gasteiger partial charge in [0.15, 0.2) is 34.6 Å². The molecule has 11 nitrogen and oxygen atoms in total. The van der Waals surface area contributed by atoms with Gasteiger partial charge >= 0.3 is 6.09 Å². The Balaban J connectivity index is 1.91. The van der Waals surface area contributed by atoms with Gasteiger partial charge in [-0.2, -0.15) is 0 Å². The number of ether oxygens (including phenoxy) is 5. The molecule has 1 amide bonds. The first kappa shape index (κ1) is 49.4. The second kappa shape index (κ2) is 25.0. The number of carbonyl (C=O) groups excluding carboxylic acids is 3. The summed E-state index contributed by atoms with van der Waals surface area (Å²) >= 11 is 0. The number of aliphatic imine (C=N–C) groups is 1. The molecule has 61 heavy (non-hydrogen) atoms. The van der Waals surface area contributed by atoms with Crippen molar-refractivity contribution in [2.45, 2.75) is 94.4 Å². The van der Waals surface area contributed by atoms with Crippen molar-refractivity contribution in [2.24, 2.45) is 16.8 Å². The molecule has 0 aromatic heterocycles. The number of hydrogen-bond donors (Lipinski definition) is 1. The summed E-state index contributed by atoms with van der Waals surface area (Å²) in [5, 5.41) is 11.9. The Morgan fingerprint density at radius 3 is 1.82 bits per heavy atom. The number of ketones is 2. The van der Waals surface area contributed by atoms with Gasteiger partial charge in [0.1, 0.15) is 12.8 Å². The molecular formula is C50H64N2O9. The molecule has 3 aromatic carbocycles. The second-order valence-electron chi connectivity index (χ2n) is 14.9. The van der Waals surface area contributed by atoms with Gasteiger partial charge in [0.05, 0.1) is 38.8 Å². The molecule has 0 saturated heterocycles. The van der Waals surface area contributed by atoms with Crippen LogP contribution in [0, 0.1) is 18.8 Å². The average molecular weight is 837 g/mol. The Hall–Kier alpha value is -5.94. The maximum Gasteiger partial charge on any atom is 0.416 e. The largest absolute Gasteiger partial charge is 0.493 e. The quantitative estimate of drug-likeness (QED) is 0.0326. The Bertz CT molecular complexity index is 2100. The molecule has 3 aromatic rings. The summed E-state index contributed by atoms with van der Waals surface area (Å²) in [5.74, 6) is 0.454. The molecule has 11 heteroatoms. The molecule has 0 saturated carbocycles. The molecule has 0 bridgehead atoms.